The number of carbonyl (C=O) groups is 1. The highest BCUT2D eigenvalue weighted by atomic mass is 35.5. The molecule has 2 unspecified atom stereocenters. The van der Waals surface area contributed by atoms with Crippen molar-refractivity contribution in [2.75, 3.05) is 0 Å². The van der Waals surface area contributed by atoms with E-state index in [9.17, 15) is 9.32 Å². The summed E-state index contributed by atoms with van der Waals surface area (Å²) < 4.78 is 18.2. The fourth-order valence-electron chi connectivity index (χ4n) is 2.76. The smallest absolute Gasteiger partial charge is 0.407 e. The van der Waals surface area contributed by atoms with Gasteiger partial charge in [-0.25, -0.2) is 4.79 Å². The number of carbonyl (C=O) groups excluding carboxylic acids is 1. The van der Waals surface area contributed by atoms with Crippen LogP contribution < -0.4 is 5.32 Å². The van der Waals surface area contributed by atoms with Crippen LogP contribution >= 0.6 is 11.6 Å². The van der Waals surface area contributed by atoms with E-state index in [0.717, 1.165) is 25.7 Å². The molecule has 1 N–H and O–H groups in total. The normalized spacial score (nSPS) is 18.5. The standard InChI is InChI=1S/C16H21ClFNO3/c1-11(15(22-18)13-9-5-6-10-14(13)17)21-16(20)19-12-7-3-2-4-8-12/h5-6,9-12,15H,2-4,7-8H2,1H3,(H,19,20). The number of nitrogens with one attached hydrogen (secondary N) is 1. The summed E-state index contributed by atoms with van der Waals surface area (Å²) in [4.78, 5) is 15.9. The highest BCUT2D eigenvalue weighted by Crippen LogP contribution is 2.30. The molecule has 122 valence electrons. The summed E-state index contributed by atoms with van der Waals surface area (Å²) in [5, 5.41) is 3.19. The van der Waals surface area contributed by atoms with E-state index in [2.05, 4.69) is 10.3 Å². The van der Waals surface area contributed by atoms with Crippen molar-refractivity contribution in [1.82, 2.24) is 5.32 Å². The molecule has 0 spiro atoms. The number of ether oxygens (including phenoxy) is 1. The molecule has 0 aromatic heterocycles. The van der Waals surface area contributed by atoms with E-state index < -0.39 is 18.3 Å². The molecule has 1 amide bonds. The first-order valence-corrected chi connectivity index (χ1v) is 7.98. The van der Waals surface area contributed by atoms with Crippen molar-refractivity contribution in [3.05, 3.63) is 34.9 Å². The van der Waals surface area contributed by atoms with Gasteiger partial charge in [-0.1, -0.05) is 49.1 Å². The van der Waals surface area contributed by atoms with E-state index in [4.69, 9.17) is 16.3 Å². The number of benzene rings is 1. The zero-order valence-corrected chi connectivity index (χ0v) is 13.3. The van der Waals surface area contributed by atoms with E-state index in [1.165, 1.54) is 6.42 Å². The lowest BCUT2D eigenvalue weighted by Crippen LogP contribution is -2.39. The maximum Gasteiger partial charge on any atom is 0.407 e. The van der Waals surface area contributed by atoms with Crippen molar-refractivity contribution >= 4 is 17.7 Å². The van der Waals surface area contributed by atoms with E-state index in [1.54, 1.807) is 31.2 Å². The third kappa shape index (κ3) is 4.58. The van der Waals surface area contributed by atoms with Crippen molar-refractivity contribution in [2.45, 2.75) is 57.3 Å². The lowest BCUT2D eigenvalue weighted by atomic mass is 9.96. The molecule has 0 bridgehead atoms. The number of hydrogen-bond donors (Lipinski definition) is 1. The molecule has 0 saturated heterocycles. The van der Waals surface area contributed by atoms with Gasteiger partial charge in [0.2, 0.25) is 0 Å². The minimum atomic E-state index is -1.05. The SMILES string of the molecule is CC(OC(=O)NC1CCCCC1)C(OF)c1ccccc1Cl. The molecular formula is C16H21ClFNO3. The molecule has 22 heavy (non-hydrogen) atoms. The Hall–Kier alpha value is -1.33. The van der Waals surface area contributed by atoms with Crippen LogP contribution in [0.5, 0.6) is 0 Å². The van der Waals surface area contributed by atoms with Crippen molar-refractivity contribution in [1.29, 1.82) is 0 Å². The van der Waals surface area contributed by atoms with Crippen LogP contribution in [0.15, 0.2) is 24.3 Å². The summed E-state index contributed by atoms with van der Waals surface area (Å²) in [6, 6.07) is 6.88. The van der Waals surface area contributed by atoms with Crippen LogP contribution in [0.3, 0.4) is 0 Å². The predicted octanol–water partition coefficient (Wildman–Crippen LogP) is 4.73. The van der Waals surface area contributed by atoms with Gasteiger partial charge >= 0.3 is 6.09 Å². The Morgan fingerprint density at radius 1 is 1.32 bits per heavy atom. The van der Waals surface area contributed by atoms with Gasteiger partial charge in [0.15, 0.2) is 6.10 Å². The number of amides is 1. The first-order chi connectivity index (χ1) is 10.6. The average Bonchev–Trinajstić information content (AvgIpc) is 2.50. The van der Waals surface area contributed by atoms with Gasteiger partial charge in [0.25, 0.3) is 0 Å². The Balaban J connectivity index is 1.92. The van der Waals surface area contributed by atoms with Crippen LogP contribution in [-0.4, -0.2) is 18.2 Å². The monoisotopic (exact) mass is 329 g/mol. The molecule has 2 rings (SSSR count). The van der Waals surface area contributed by atoms with Crippen LogP contribution in [0.1, 0.15) is 50.7 Å². The first kappa shape index (κ1) is 17.0. The molecule has 2 atom stereocenters. The Morgan fingerprint density at radius 2 is 2.00 bits per heavy atom. The van der Waals surface area contributed by atoms with Crippen molar-refractivity contribution in [2.24, 2.45) is 0 Å². The summed E-state index contributed by atoms with van der Waals surface area (Å²) in [7, 11) is 0. The topological polar surface area (TPSA) is 47.6 Å². The second kappa shape index (κ2) is 8.34. The maximum absolute atomic E-state index is 12.9. The van der Waals surface area contributed by atoms with Crippen molar-refractivity contribution < 1.29 is 19.0 Å². The second-order valence-electron chi connectivity index (χ2n) is 5.62. The second-order valence-corrected chi connectivity index (χ2v) is 6.03. The maximum atomic E-state index is 12.9. The Kier molecular flexibility index (Phi) is 6.46. The Morgan fingerprint density at radius 3 is 2.64 bits per heavy atom. The van der Waals surface area contributed by atoms with Gasteiger partial charge in [-0.15, -0.1) is 0 Å². The zero-order chi connectivity index (χ0) is 15.9. The predicted molar refractivity (Wildman–Crippen MR) is 82.3 cm³/mol. The highest BCUT2D eigenvalue weighted by Gasteiger charge is 2.27. The van der Waals surface area contributed by atoms with Crippen LogP contribution in [-0.2, 0) is 9.68 Å². The number of alkyl carbamates (subject to hydrolysis) is 1. The number of hydrogen-bond acceptors (Lipinski definition) is 3. The number of rotatable bonds is 5. The molecule has 0 heterocycles. The van der Waals surface area contributed by atoms with E-state index >= 15 is 0 Å². The summed E-state index contributed by atoms with van der Waals surface area (Å²) in [5.74, 6) is 0. The van der Waals surface area contributed by atoms with Gasteiger partial charge in [-0.3, -0.25) is 0 Å². The molecule has 4 nitrogen and oxygen atoms in total. The fourth-order valence-corrected chi connectivity index (χ4v) is 3.00. The number of halogens is 2. The summed E-state index contributed by atoms with van der Waals surface area (Å²) in [6.07, 6.45) is 2.93. The summed E-state index contributed by atoms with van der Waals surface area (Å²) in [6.45, 7) is 1.58. The molecule has 6 heteroatoms. The molecule has 1 saturated carbocycles. The molecule has 1 aliphatic rings. The van der Waals surface area contributed by atoms with Crippen LogP contribution in [0.2, 0.25) is 5.02 Å². The van der Waals surface area contributed by atoms with E-state index in [1.807, 2.05) is 0 Å². The van der Waals surface area contributed by atoms with Gasteiger partial charge in [-0.2, -0.15) is 4.94 Å². The zero-order valence-electron chi connectivity index (χ0n) is 12.6. The molecule has 1 aliphatic carbocycles. The van der Waals surface area contributed by atoms with Crippen LogP contribution in [0.4, 0.5) is 9.32 Å². The Bertz CT molecular complexity index is 494. The van der Waals surface area contributed by atoms with Crippen molar-refractivity contribution in [3.63, 3.8) is 0 Å². The van der Waals surface area contributed by atoms with Crippen LogP contribution in [0.25, 0.3) is 0 Å². The van der Waals surface area contributed by atoms with Crippen LogP contribution in [0, 0.1) is 0 Å². The van der Waals surface area contributed by atoms with Gasteiger partial charge in [0.1, 0.15) is 6.10 Å². The van der Waals surface area contributed by atoms with Gasteiger partial charge in [0, 0.05) is 16.6 Å². The minimum absolute atomic E-state index is 0.138. The van der Waals surface area contributed by atoms with E-state index in [0.29, 0.717) is 10.6 Å². The molecule has 0 aliphatic heterocycles. The highest BCUT2D eigenvalue weighted by molar-refractivity contribution is 6.31. The molecule has 0 radical (unpaired) electrons. The quantitative estimate of drug-likeness (QED) is 0.849. The third-order valence-electron chi connectivity index (χ3n) is 3.95. The first-order valence-electron chi connectivity index (χ1n) is 7.60. The third-order valence-corrected chi connectivity index (χ3v) is 4.30. The largest absolute Gasteiger partial charge is 0.443 e. The molecule has 1 aromatic rings. The lowest BCUT2D eigenvalue weighted by Gasteiger charge is -2.25. The molecule has 1 fully saturated rings. The van der Waals surface area contributed by atoms with Gasteiger partial charge in [-0.05, 0) is 30.4 Å². The van der Waals surface area contributed by atoms with E-state index in [-0.39, 0.29) is 6.04 Å². The van der Waals surface area contributed by atoms with Gasteiger partial charge < -0.3 is 10.1 Å². The minimum Gasteiger partial charge on any atom is -0.443 e. The molecule has 1 aromatic carbocycles. The summed E-state index contributed by atoms with van der Waals surface area (Å²) in [5.41, 5.74) is 0.449. The fraction of sp³-hybridized carbons (Fsp3) is 0.562. The molecular weight excluding hydrogens is 309 g/mol. The van der Waals surface area contributed by atoms with Crippen molar-refractivity contribution in [3.8, 4) is 0 Å². The Labute approximate surface area is 134 Å². The summed E-state index contributed by atoms with van der Waals surface area (Å²) >= 11 is 6.03. The average molecular weight is 330 g/mol. The van der Waals surface area contributed by atoms with Gasteiger partial charge in [0.05, 0.1) is 0 Å². The lowest BCUT2D eigenvalue weighted by molar-refractivity contribution is -0.209.